The van der Waals surface area contributed by atoms with Crippen LogP contribution in [-0.2, 0) is 0 Å². The molecule has 1 N–H and O–H groups in total. The lowest BCUT2D eigenvalue weighted by atomic mass is 10.2. The Morgan fingerprint density at radius 3 is 2.65 bits per heavy atom. The fourth-order valence-electron chi connectivity index (χ4n) is 2.87. The summed E-state index contributed by atoms with van der Waals surface area (Å²) in [7, 11) is 0. The van der Waals surface area contributed by atoms with Gasteiger partial charge in [-0.05, 0) is 38.8 Å². The van der Waals surface area contributed by atoms with Gasteiger partial charge in [0.2, 0.25) is 5.43 Å². The van der Waals surface area contributed by atoms with Crippen LogP contribution >= 0.6 is 0 Å². The van der Waals surface area contributed by atoms with E-state index in [1.807, 2.05) is 30.3 Å². The van der Waals surface area contributed by atoms with Crippen molar-refractivity contribution in [2.45, 2.75) is 32.6 Å². The van der Waals surface area contributed by atoms with Crippen LogP contribution in [0.1, 0.15) is 46.4 Å². The number of rotatable bonds is 4. The van der Waals surface area contributed by atoms with Crippen molar-refractivity contribution in [1.82, 2.24) is 14.9 Å². The Morgan fingerprint density at radius 1 is 1.23 bits per heavy atom. The largest absolute Gasteiger partial charge is 0.359 e. The van der Waals surface area contributed by atoms with Crippen LogP contribution < -0.4 is 10.7 Å². The van der Waals surface area contributed by atoms with Gasteiger partial charge >= 0.3 is 0 Å². The van der Waals surface area contributed by atoms with Gasteiger partial charge in [0, 0.05) is 17.7 Å². The third-order valence-corrected chi connectivity index (χ3v) is 4.40. The van der Waals surface area contributed by atoms with Gasteiger partial charge in [-0.2, -0.15) is 5.10 Å². The Hall–Kier alpha value is -3.22. The molecule has 0 unspecified atom stereocenters. The van der Waals surface area contributed by atoms with E-state index in [0.29, 0.717) is 28.8 Å². The van der Waals surface area contributed by atoms with E-state index in [4.69, 9.17) is 4.52 Å². The predicted molar refractivity (Wildman–Crippen MR) is 95.7 cm³/mol. The zero-order chi connectivity index (χ0) is 18.3. The van der Waals surface area contributed by atoms with Crippen molar-refractivity contribution in [2.24, 2.45) is 0 Å². The Labute approximate surface area is 149 Å². The average molecular weight is 350 g/mol. The number of carbonyl (C=O) groups excluding carboxylic acids is 1. The van der Waals surface area contributed by atoms with Crippen LogP contribution in [0.25, 0.3) is 5.69 Å². The number of benzene rings is 1. The number of nitrogens with zero attached hydrogens (tertiary/aromatic N) is 3. The summed E-state index contributed by atoms with van der Waals surface area (Å²) < 4.78 is 6.91. The van der Waals surface area contributed by atoms with Gasteiger partial charge < -0.3 is 9.84 Å². The van der Waals surface area contributed by atoms with Gasteiger partial charge in [0.05, 0.1) is 5.69 Å². The number of aryl methyl sites for hydroxylation is 2. The molecule has 2 aromatic heterocycles. The van der Waals surface area contributed by atoms with E-state index < -0.39 is 11.3 Å². The zero-order valence-electron chi connectivity index (χ0n) is 14.5. The van der Waals surface area contributed by atoms with E-state index in [1.54, 1.807) is 18.5 Å². The molecule has 0 saturated heterocycles. The van der Waals surface area contributed by atoms with Crippen molar-refractivity contribution in [3.05, 3.63) is 69.5 Å². The maximum Gasteiger partial charge on any atom is 0.280 e. The van der Waals surface area contributed by atoms with Crippen LogP contribution in [-0.4, -0.2) is 20.8 Å². The van der Waals surface area contributed by atoms with Gasteiger partial charge in [0.15, 0.2) is 11.5 Å². The summed E-state index contributed by atoms with van der Waals surface area (Å²) in [6, 6.07) is 10.8. The molecule has 0 spiro atoms. The number of hydrogen-bond acceptors (Lipinski definition) is 5. The quantitative estimate of drug-likeness (QED) is 0.781. The standard InChI is InChI=1S/C19H18N4O3/c1-11-10-15(24)17(21-23(11)14-6-4-3-5-7-14)19(25)20-16-12(2)22-26-18(16)13-8-9-13/h3-7,10,13H,8-9H2,1-2H3,(H,20,25). The molecule has 1 saturated carbocycles. The molecule has 1 aliphatic rings. The molecule has 1 amide bonds. The normalized spacial score (nSPS) is 13.6. The third kappa shape index (κ3) is 2.92. The van der Waals surface area contributed by atoms with E-state index in [0.717, 1.165) is 18.5 Å². The fourth-order valence-corrected chi connectivity index (χ4v) is 2.87. The maximum absolute atomic E-state index is 12.7. The Balaban J connectivity index is 1.70. The lowest BCUT2D eigenvalue weighted by Crippen LogP contribution is -2.27. The summed E-state index contributed by atoms with van der Waals surface area (Å²) in [4.78, 5) is 25.1. The van der Waals surface area contributed by atoms with E-state index >= 15 is 0 Å². The average Bonchev–Trinajstić information content (AvgIpc) is 3.41. The monoisotopic (exact) mass is 350 g/mol. The van der Waals surface area contributed by atoms with Crippen molar-refractivity contribution >= 4 is 11.6 Å². The second-order valence-corrected chi connectivity index (χ2v) is 6.48. The molecule has 0 bridgehead atoms. The number of anilines is 1. The van der Waals surface area contributed by atoms with E-state index in [2.05, 4.69) is 15.6 Å². The summed E-state index contributed by atoms with van der Waals surface area (Å²) >= 11 is 0. The molecule has 0 radical (unpaired) electrons. The number of amides is 1. The van der Waals surface area contributed by atoms with Gasteiger partial charge in [-0.3, -0.25) is 9.59 Å². The number of para-hydroxylation sites is 1. The number of carbonyl (C=O) groups is 1. The van der Waals surface area contributed by atoms with E-state index in [-0.39, 0.29) is 5.69 Å². The predicted octanol–water partition coefficient (Wildman–Crippen LogP) is 2.97. The lowest BCUT2D eigenvalue weighted by molar-refractivity contribution is 0.101. The molecule has 1 aliphatic carbocycles. The summed E-state index contributed by atoms with van der Waals surface area (Å²) in [6.45, 7) is 3.54. The van der Waals surface area contributed by atoms with Gasteiger partial charge in [0.25, 0.3) is 5.91 Å². The van der Waals surface area contributed by atoms with Crippen LogP contribution in [0.3, 0.4) is 0 Å². The first-order valence-electron chi connectivity index (χ1n) is 8.48. The highest BCUT2D eigenvalue weighted by Gasteiger charge is 2.32. The van der Waals surface area contributed by atoms with Gasteiger partial charge in [-0.1, -0.05) is 23.4 Å². The SMILES string of the molecule is Cc1noc(C2CC2)c1NC(=O)c1nn(-c2ccccc2)c(C)cc1=O. The Morgan fingerprint density at radius 2 is 1.96 bits per heavy atom. The first-order valence-corrected chi connectivity index (χ1v) is 8.48. The molecule has 3 aromatic rings. The van der Waals surface area contributed by atoms with Crippen molar-refractivity contribution in [3.8, 4) is 5.69 Å². The molecule has 7 nitrogen and oxygen atoms in total. The summed E-state index contributed by atoms with van der Waals surface area (Å²) in [5.41, 5.74) is 1.98. The van der Waals surface area contributed by atoms with E-state index in [1.165, 1.54) is 6.07 Å². The van der Waals surface area contributed by atoms with Crippen LogP contribution in [0.15, 0.2) is 45.7 Å². The molecule has 132 valence electrons. The zero-order valence-corrected chi connectivity index (χ0v) is 14.5. The molecule has 1 aromatic carbocycles. The number of aromatic nitrogens is 3. The number of nitrogens with one attached hydrogen (secondary N) is 1. The minimum atomic E-state index is -0.562. The molecule has 2 heterocycles. The fraction of sp³-hybridized carbons (Fsp3) is 0.263. The third-order valence-electron chi connectivity index (χ3n) is 4.40. The minimum absolute atomic E-state index is 0.165. The second-order valence-electron chi connectivity index (χ2n) is 6.48. The molecule has 1 fully saturated rings. The summed E-state index contributed by atoms with van der Waals surface area (Å²) in [5, 5.41) is 11.0. The van der Waals surface area contributed by atoms with Gasteiger partial charge in [-0.25, -0.2) is 4.68 Å². The van der Waals surface area contributed by atoms with Crippen molar-refractivity contribution in [1.29, 1.82) is 0 Å². The molecule has 26 heavy (non-hydrogen) atoms. The van der Waals surface area contributed by atoms with Crippen molar-refractivity contribution in [2.75, 3.05) is 5.32 Å². The Kier molecular flexibility index (Phi) is 3.91. The van der Waals surface area contributed by atoms with Gasteiger partial charge in [0.1, 0.15) is 11.4 Å². The first-order chi connectivity index (χ1) is 12.5. The molecular weight excluding hydrogens is 332 g/mol. The number of hydrogen-bond donors (Lipinski definition) is 1. The minimum Gasteiger partial charge on any atom is -0.359 e. The van der Waals surface area contributed by atoms with Crippen LogP contribution in [0.5, 0.6) is 0 Å². The van der Waals surface area contributed by atoms with Crippen LogP contribution in [0, 0.1) is 13.8 Å². The molecule has 4 rings (SSSR count). The first kappa shape index (κ1) is 16.3. The maximum atomic E-state index is 12.7. The molecule has 7 heteroatoms. The molecule has 0 aliphatic heterocycles. The smallest absolute Gasteiger partial charge is 0.280 e. The van der Waals surface area contributed by atoms with Crippen LogP contribution in [0.2, 0.25) is 0 Å². The van der Waals surface area contributed by atoms with Crippen LogP contribution in [0.4, 0.5) is 5.69 Å². The highest BCUT2D eigenvalue weighted by molar-refractivity contribution is 6.03. The topological polar surface area (TPSA) is 90.0 Å². The second kappa shape index (κ2) is 6.25. The summed E-state index contributed by atoms with van der Waals surface area (Å²) in [5.74, 6) is 0.401. The van der Waals surface area contributed by atoms with Gasteiger partial charge in [-0.15, -0.1) is 0 Å². The van der Waals surface area contributed by atoms with Crippen molar-refractivity contribution < 1.29 is 9.32 Å². The molecule has 0 atom stereocenters. The molecular formula is C19H18N4O3. The lowest BCUT2D eigenvalue weighted by Gasteiger charge is -2.11. The summed E-state index contributed by atoms with van der Waals surface area (Å²) in [6.07, 6.45) is 2.03. The highest BCUT2D eigenvalue weighted by atomic mass is 16.5. The highest BCUT2D eigenvalue weighted by Crippen LogP contribution is 2.44. The van der Waals surface area contributed by atoms with Crippen molar-refractivity contribution in [3.63, 3.8) is 0 Å². The van der Waals surface area contributed by atoms with E-state index in [9.17, 15) is 9.59 Å². The Bertz CT molecular complexity index is 1030.